The molecule has 4 rings (SSSR count). The largest absolute Gasteiger partial charge is 0.497 e. The molecule has 1 saturated heterocycles. The average Bonchev–Trinajstić information content (AvgIpc) is 3.28. The van der Waals surface area contributed by atoms with Crippen LogP contribution in [-0.2, 0) is 22.6 Å². The van der Waals surface area contributed by atoms with Crippen molar-refractivity contribution in [2.45, 2.75) is 32.0 Å². The lowest BCUT2D eigenvalue weighted by Gasteiger charge is -2.16. The number of amides is 1. The van der Waals surface area contributed by atoms with Crippen molar-refractivity contribution in [2.75, 3.05) is 19.0 Å². The summed E-state index contributed by atoms with van der Waals surface area (Å²) in [4.78, 5) is 38.7. The lowest BCUT2D eigenvalue weighted by molar-refractivity contribution is -0.116. The van der Waals surface area contributed by atoms with Crippen LogP contribution in [0.4, 0.5) is 5.69 Å². The molecule has 30 heavy (non-hydrogen) atoms. The third kappa shape index (κ3) is 3.99. The highest BCUT2D eigenvalue weighted by Gasteiger charge is 2.21. The zero-order valence-corrected chi connectivity index (χ0v) is 16.7. The van der Waals surface area contributed by atoms with Gasteiger partial charge >= 0.3 is 5.69 Å². The van der Waals surface area contributed by atoms with Gasteiger partial charge in [0.1, 0.15) is 12.3 Å². The molecule has 156 valence electrons. The lowest BCUT2D eigenvalue weighted by atomic mass is 10.2. The number of fused-ring (bicyclic) bond motifs is 1. The zero-order valence-electron chi connectivity index (χ0n) is 16.7. The van der Waals surface area contributed by atoms with Gasteiger partial charge in [0.05, 0.1) is 30.7 Å². The topological polar surface area (TPSA) is 91.6 Å². The highest BCUT2D eigenvalue weighted by Crippen LogP contribution is 2.16. The number of ether oxygens (including phenoxy) is 2. The first-order valence-electron chi connectivity index (χ1n) is 9.84. The molecule has 2 heterocycles. The first-order valence-corrected chi connectivity index (χ1v) is 9.84. The molecule has 1 fully saturated rings. The molecule has 3 aromatic rings. The second kappa shape index (κ2) is 8.54. The van der Waals surface area contributed by atoms with E-state index >= 15 is 0 Å². The molecule has 1 aliphatic heterocycles. The maximum Gasteiger partial charge on any atom is 0.332 e. The van der Waals surface area contributed by atoms with Gasteiger partial charge in [-0.3, -0.25) is 18.7 Å². The van der Waals surface area contributed by atoms with Crippen molar-refractivity contribution in [1.82, 2.24) is 9.13 Å². The second-order valence-electron chi connectivity index (χ2n) is 7.21. The van der Waals surface area contributed by atoms with Crippen molar-refractivity contribution in [3.05, 3.63) is 69.4 Å². The van der Waals surface area contributed by atoms with Crippen molar-refractivity contribution < 1.29 is 14.3 Å². The van der Waals surface area contributed by atoms with E-state index in [4.69, 9.17) is 9.47 Å². The van der Waals surface area contributed by atoms with E-state index in [2.05, 4.69) is 5.32 Å². The number of aromatic nitrogens is 2. The molecule has 1 atom stereocenters. The van der Waals surface area contributed by atoms with E-state index in [-0.39, 0.29) is 30.7 Å². The van der Waals surface area contributed by atoms with Crippen LogP contribution in [0.1, 0.15) is 12.8 Å². The summed E-state index contributed by atoms with van der Waals surface area (Å²) in [6, 6.07) is 13.7. The van der Waals surface area contributed by atoms with Crippen LogP contribution < -0.4 is 21.3 Å². The molecule has 2 aromatic carbocycles. The van der Waals surface area contributed by atoms with E-state index in [1.165, 1.54) is 9.13 Å². The summed E-state index contributed by atoms with van der Waals surface area (Å²) in [6.07, 6.45) is 1.54. The summed E-state index contributed by atoms with van der Waals surface area (Å²) in [5, 5.41) is 3.17. The predicted molar refractivity (Wildman–Crippen MR) is 113 cm³/mol. The summed E-state index contributed by atoms with van der Waals surface area (Å²) < 4.78 is 13.2. The number of nitrogens with one attached hydrogen (secondary N) is 1. The Labute approximate surface area is 172 Å². The monoisotopic (exact) mass is 409 g/mol. The number of rotatable bonds is 6. The van der Waals surface area contributed by atoms with Crippen LogP contribution in [0.2, 0.25) is 0 Å². The number of carbonyl (C=O) groups excluding carboxylic acids is 1. The van der Waals surface area contributed by atoms with E-state index in [0.29, 0.717) is 28.9 Å². The number of anilines is 1. The van der Waals surface area contributed by atoms with Crippen LogP contribution in [0.3, 0.4) is 0 Å². The van der Waals surface area contributed by atoms with E-state index in [1.54, 1.807) is 55.6 Å². The third-order valence-corrected chi connectivity index (χ3v) is 5.22. The molecule has 0 saturated carbocycles. The van der Waals surface area contributed by atoms with Crippen LogP contribution >= 0.6 is 0 Å². The standard InChI is InChI=1S/C22H23N3O5/c1-29-16-10-8-15(9-11-16)23-20(26)14-24-19-7-3-2-6-18(19)21(27)25(22(24)28)13-17-5-4-12-30-17/h2-3,6-11,17H,4-5,12-14H2,1H3,(H,23,26)/t17-/m1/s1. The lowest BCUT2D eigenvalue weighted by Crippen LogP contribution is -2.43. The molecule has 1 amide bonds. The summed E-state index contributed by atoms with van der Waals surface area (Å²) in [5.74, 6) is 0.311. The maximum atomic E-state index is 13.1. The Hall–Kier alpha value is -3.39. The summed E-state index contributed by atoms with van der Waals surface area (Å²) in [5.41, 5.74) is 0.142. The van der Waals surface area contributed by atoms with Crippen LogP contribution in [0.5, 0.6) is 5.75 Å². The fourth-order valence-electron chi connectivity index (χ4n) is 3.70. The van der Waals surface area contributed by atoms with Crippen molar-refractivity contribution in [3.8, 4) is 5.75 Å². The number of hydrogen-bond donors (Lipinski definition) is 1. The molecule has 1 N–H and O–H groups in total. The fourth-order valence-corrected chi connectivity index (χ4v) is 3.70. The van der Waals surface area contributed by atoms with Crippen LogP contribution in [0.15, 0.2) is 58.1 Å². The maximum absolute atomic E-state index is 13.1. The predicted octanol–water partition coefficient (Wildman–Crippen LogP) is 1.99. The number of methoxy groups -OCH3 is 1. The smallest absolute Gasteiger partial charge is 0.332 e. The van der Waals surface area contributed by atoms with Crippen LogP contribution in [-0.4, -0.2) is 34.9 Å². The molecule has 8 nitrogen and oxygen atoms in total. The molecule has 1 aromatic heterocycles. The van der Waals surface area contributed by atoms with Gasteiger partial charge in [-0.25, -0.2) is 4.79 Å². The minimum Gasteiger partial charge on any atom is -0.497 e. The molecule has 8 heteroatoms. The Kier molecular flexibility index (Phi) is 5.67. The molecular formula is C22H23N3O5. The van der Waals surface area contributed by atoms with Gasteiger partial charge in [-0.15, -0.1) is 0 Å². The van der Waals surface area contributed by atoms with Crippen molar-refractivity contribution in [2.24, 2.45) is 0 Å². The summed E-state index contributed by atoms with van der Waals surface area (Å²) in [7, 11) is 1.57. The number of benzene rings is 2. The second-order valence-corrected chi connectivity index (χ2v) is 7.21. The van der Waals surface area contributed by atoms with Gasteiger partial charge in [0, 0.05) is 12.3 Å². The minimum absolute atomic E-state index is 0.168. The van der Waals surface area contributed by atoms with Crippen LogP contribution in [0, 0.1) is 0 Å². The SMILES string of the molecule is COc1ccc(NC(=O)Cn2c(=O)n(C[C@H]3CCCO3)c(=O)c3ccccc32)cc1. The van der Waals surface area contributed by atoms with Gasteiger partial charge in [0.25, 0.3) is 5.56 Å². The molecule has 0 aliphatic carbocycles. The van der Waals surface area contributed by atoms with Gasteiger partial charge < -0.3 is 14.8 Å². The van der Waals surface area contributed by atoms with E-state index in [1.807, 2.05) is 0 Å². The average molecular weight is 409 g/mol. The Bertz CT molecular complexity index is 1170. The minimum atomic E-state index is -0.515. The van der Waals surface area contributed by atoms with Gasteiger partial charge in [0.2, 0.25) is 5.91 Å². The molecule has 0 bridgehead atoms. The van der Waals surface area contributed by atoms with Gasteiger partial charge in [0.15, 0.2) is 0 Å². The Balaban J connectivity index is 1.67. The highest BCUT2D eigenvalue weighted by atomic mass is 16.5. The highest BCUT2D eigenvalue weighted by molar-refractivity contribution is 5.91. The Morgan fingerprint density at radius 1 is 1.13 bits per heavy atom. The number of hydrogen-bond acceptors (Lipinski definition) is 5. The van der Waals surface area contributed by atoms with Gasteiger partial charge in [-0.1, -0.05) is 12.1 Å². The quantitative estimate of drug-likeness (QED) is 0.672. The molecule has 0 spiro atoms. The normalized spacial score (nSPS) is 16.0. The number of para-hydroxylation sites is 1. The first-order chi connectivity index (χ1) is 14.6. The Morgan fingerprint density at radius 3 is 2.60 bits per heavy atom. The summed E-state index contributed by atoms with van der Waals surface area (Å²) in [6.45, 7) is 0.602. The van der Waals surface area contributed by atoms with Crippen molar-refractivity contribution in [3.63, 3.8) is 0 Å². The number of nitrogens with zero attached hydrogens (tertiary/aromatic N) is 2. The third-order valence-electron chi connectivity index (χ3n) is 5.22. The first kappa shape index (κ1) is 19.9. The van der Waals surface area contributed by atoms with Crippen molar-refractivity contribution in [1.29, 1.82) is 0 Å². The van der Waals surface area contributed by atoms with Gasteiger partial charge in [-0.2, -0.15) is 0 Å². The van der Waals surface area contributed by atoms with E-state index < -0.39 is 5.69 Å². The van der Waals surface area contributed by atoms with E-state index in [0.717, 1.165) is 12.8 Å². The molecule has 1 aliphatic rings. The summed E-state index contributed by atoms with van der Waals surface area (Å²) >= 11 is 0. The molecule has 0 radical (unpaired) electrons. The molecular weight excluding hydrogens is 386 g/mol. The van der Waals surface area contributed by atoms with Crippen LogP contribution in [0.25, 0.3) is 10.9 Å². The van der Waals surface area contributed by atoms with Crippen molar-refractivity contribution >= 4 is 22.5 Å². The van der Waals surface area contributed by atoms with E-state index in [9.17, 15) is 14.4 Å². The zero-order chi connectivity index (χ0) is 21.1. The van der Waals surface area contributed by atoms with Gasteiger partial charge in [-0.05, 0) is 49.2 Å². The Morgan fingerprint density at radius 2 is 1.90 bits per heavy atom. The fraction of sp³-hybridized carbons (Fsp3) is 0.318. The molecule has 0 unspecified atom stereocenters. The number of carbonyl (C=O) groups is 1.